The Kier molecular flexibility index (Phi) is 2.68. The molecule has 4 aromatic rings. The molecule has 0 saturated carbocycles. The number of fused-ring (bicyclic) bond motifs is 2. The molecule has 0 aliphatic heterocycles. The number of hydrogen-bond donors (Lipinski definition) is 4. The van der Waals surface area contributed by atoms with Crippen LogP contribution < -0.4 is 10.9 Å². The summed E-state index contributed by atoms with van der Waals surface area (Å²) in [6, 6.07) is 5.36. The van der Waals surface area contributed by atoms with Crippen LogP contribution in [0, 0.1) is 0 Å². The minimum atomic E-state index is -0.372. The Morgan fingerprint density at radius 1 is 1.09 bits per heavy atom. The van der Waals surface area contributed by atoms with Crippen LogP contribution in [0.1, 0.15) is 10.5 Å². The summed E-state index contributed by atoms with van der Waals surface area (Å²) in [5.41, 5.74) is 7.36. The molecule has 4 rings (SSSR count). The molecule has 0 aliphatic rings. The molecule has 0 spiro atoms. The van der Waals surface area contributed by atoms with Gasteiger partial charge in [-0.2, -0.15) is 0 Å². The molecule has 0 aromatic carbocycles. The van der Waals surface area contributed by atoms with Gasteiger partial charge in [-0.1, -0.05) is 0 Å². The quantitative estimate of drug-likeness (QED) is 0.418. The molecule has 0 atom stereocenters. The zero-order valence-corrected chi connectivity index (χ0v) is 11.2. The average molecular weight is 294 g/mol. The van der Waals surface area contributed by atoms with E-state index in [1.54, 1.807) is 12.3 Å². The smallest absolute Gasteiger partial charge is 0.288 e. The second kappa shape index (κ2) is 4.81. The normalized spacial score (nSPS) is 10.9. The predicted molar refractivity (Wildman–Crippen MR) is 78.9 cm³/mol. The standard InChI is InChI=1S/C13H10N8O/c22-13(8-2-1-7-3-4-14-10(7)19-8)21-20-12-9-11(16-5-15-9)17-6-18-12/h1-6H,(H,14,19)(H,21,22)(H2,15,16,17,18,20). The van der Waals surface area contributed by atoms with Crippen molar-refractivity contribution in [2.24, 2.45) is 0 Å². The number of amides is 1. The van der Waals surface area contributed by atoms with E-state index in [0.29, 0.717) is 22.6 Å². The highest BCUT2D eigenvalue weighted by atomic mass is 16.2. The second-order valence-corrected chi connectivity index (χ2v) is 4.51. The monoisotopic (exact) mass is 294 g/mol. The van der Waals surface area contributed by atoms with E-state index < -0.39 is 0 Å². The fourth-order valence-corrected chi connectivity index (χ4v) is 2.10. The van der Waals surface area contributed by atoms with Crippen molar-refractivity contribution >= 4 is 33.9 Å². The molecule has 0 aliphatic carbocycles. The number of aromatic amines is 2. The lowest BCUT2D eigenvalue weighted by molar-refractivity contribution is 0.0958. The van der Waals surface area contributed by atoms with E-state index in [0.717, 1.165) is 5.39 Å². The van der Waals surface area contributed by atoms with Gasteiger partial charge in [-0.15, -0.1) is 0 Å². The van der Waals surface area contributed by atoms with Gasteiger partial charge in [-0.25, -0.2) is 19.9 Å². The number of nitrogens with zero attached hydrogens (tertiary/aromatic N) is 4. The van der Waals surface area contributed by atoms with E-state index in [1.807, 2.05) is 12.1 Å². The van der Waals surface area contributed by atoms with Crippen LogP contribution in [-0.2, 0) is 0 Å². The van der Waals surface area contributed by atoms with E-state index >= 15 is 0 Å². The number of aromatic nitrogens is 6. The van der Waals surface area contributed by atoms with Gasteiger partial charge in [0.15, 0.2) is 11.5 Å². The number of nitrogens with one attached hydrogen (secondary N) is 4. The summed E-state index contributed by atoms with van der Waals surface area (Å²) in [5.74, 6) is 0.0552. The van der Waals surface area contributed by atoms with Crippen molar-refractivity contribution in [3.05, 3.63) is 42.7 Å². The van der Waals surface area contributed by atoms with Gasteiger partial charge in [0.25, 0.3) is 5.91 Å². The van der Waals surface area contributed by atoms with Crippen LogP contribution >= 0.6 is 0 Å². The largest absolute Gasteiger partial charge is 0.346 e. The molecule has 0 radical (unpaired) electrons. The van der Waals surface area contributed by atoms with Gasteiger partial charge in [0.1, 0.15) is 23.2 Å². The zero-order chi connectivity index (χ0) is 14.9. The van der Waals surface area contributed by atoms with Crippen molar-refractivity contribution in [3.8, 4) is 0 Å². The molecular formula is C13H10N8O. The first-order valence-electron chi connectivity index (χ1n) is 6.46. The molecule has 1 amide bonds. The number of rotatable bonds is 3. The zero-order valence-electron chi connectivity index (χ0n) is 11.2. The maximum absolute atomic E-state index is 12.1. The number of carbonyl (C=O) groups is 1. The number of H-pyrrole nitrogens is 2. The van der Waals surface area contributed by atoms with Gasteiger partial charge in [0.2, 0.25) is 0 Å². The van der Waals surface area contributed by atoms with E-state index in [-0.39, 0.29) is 11.6 Å². The first-order chi connectivity index (χ1) is 10.8. The van der Waals surface area contributed by atoms with Crippen molar-refractivity contribution in [3.63, 3.8) is 0 Å². The Hall–Kier alpha value is -3.49. The summed E-state index contributed by atoms with van der Waals surface area (Å²) in [6.45, 7) is 0. The van der Waals surface area contributed by atoms with Crippen LogP contribution in [0.2, 0.25) is 0 Å². The van der Waals surface area contributed by atoms with Crippen molar-refractivity contribution in [2.75, 3.05) is 5.43 Å². The van der Waals surface area contributed by atoms with Crippen LogP contribution in [0.5, 0.6) is 0 Å². The molecule has 4 aromatic heterocycles. The third kappa shape index (κ3) is 2.00. The van der Waals surface area contributed by atoms with Crippen LogP contribution in [0.15, 0.2) is 37.1 Å². The van der Waals surface area contributed by atoms with Gasteiger partial charge in [0.05, 0.1) is 6.33 Å². The van der Waals surface area contributed by atoms with Gasteiger partial charge < -0.3 is 9.97 Å². The minimum Gasteiger partial charge on any atom is -0.346 e. The molecule has 4 heterocycles. The van der Waals surface area contributed by atoms with Crippen LogP contribution in [-0.4, -0.2) is 35.8 Å². The van der Waals surface area contributed by atoms with Crippen molar-refractivity contribution in [2.45, 2.75) is 0 Å². The lowest BCUT2D eigenvalue weighted by Crippen LogP contribution is -2.30. The summed E-state index contributed by atoms with van der Waals surface area (Å²) in [4.78, 5) is 34.3. The number of anilines is 1. The molecule has 9 heteroatoms. The fraction of sp³-hybridized carbons (Fsp3) is 0. The lowest BCUT2D eigenvalue weighted by Gasteiger charge is -2.07. The summed E-state index contributed by atoms with van der Waals surface area (Å²) in [7, 11) is 0. The number of hydrazine groups is 1. The summed E-state index contributed by atoms with van der Waals surface area (Å²) in [6.07, 6.45) is 4.64. The molecule has 0 saturated heterocycles. The molecular weight excluding hydrogens is 284 g/mol. The Morgan fingerprint density at radius 3 is 3.00 bits per heavy atom. The Morgan fingerprint density at radius 2 is 2.05 bits per heavy atom. The molecule has 0 unspecified atom stereocenters. The Labute approximate surface area is 123 Å². The molecule has 108 valence electrons. The molecule has 4 N–H and O–H groups in total. The Balaban J connectivity index is 1.55. The average Bonchev–Trinajstić information content (AvgIpc) is 3.20. The van der Waals surface area contributed by atoms with E-state index in [9.17, 15) is 4.79 Å². The SMILES string of the molecule is O=C(NNc1ncnc2nc[nH]c12)c1ccc2cc[nH]c2n1. The van der Waals surface area contributed by atoms with E-state index in [4.69, 9.17) is 0 Å². The summed E-state index contributed by atoms with van der Waals surface area (Å²) in [5, 5.41) is 0.944. The number of imidazole rings is 1. The highest BCUT2D eigenvalue weighted by Gasteiger charge is 2.10. The molecule has 0 fully saturated rings. The van der Waals surface area contributed by atoms with Crippen molar-refractivity contribution in [1.82, 2.24) is 35.3 Å². The topological polar surface area (TPSA) is 124 Å². The van der Waals surface area contributed by atoms with Gasteiger partial charge in [-0.3, -0.25) is 15.6 Å². The second-order valence-electron chi connectivity index (χ2n) is 4.51. The number of hydrogen-bond acceptors (Lipinski definition) is 6. The van der Waals surface area contributed by atoms with Gasteiger partial charge in [0, 0.05) is 11.6 Å². The van der Waals surface area contributed by atoms with Gasteiger partial charge >= 0.3 is 0 Å². The molecule has 0 bridgehead atoms. The fourth-order valence-electron chi connectivity index (χ4n) is 2.10. The lowest BCUT2D eigenvalue weighted by atomic mass is 10.3. The third-order valence-corrected chi connectivity index (χ3v) is 3.16. The summed E-state index contributed by atoms with van der Waals surface area (Å²) >= 11 is 0. The first kappa shape index (κ1) is 12.3. The van der Waals surface area contributed by atoms with E-state index in [2.05, 4.69) is 40.8 Å². The van der Waals surface area contributed by atoms with Crippen molar-refractivity contribution < 1.29 is 4.79 Å². The highest BCUT2D eigenvalue weighted by molar-refractivity contribution is 5.95. The highest BCUT2D eigenvalue weighted by Crippen LogP contribution is 2.13. The molecule has 22 heavy (non-hydrogen) atoms. The van der Waals surface area contributed by atoms with Crippen LogP contribution in [0.25, 0.3) is 22.2 Å². The Bertz CT molecular complexity index is 972. The predicted octanol–water partition coefficient (Wildman–Crippen LogP) is 0.986. The van der Waals surface area contributed by atoms with E-state index in [1.165, 1.54) is 12.7 Å². The minimum absolute atomic E-state index is 0.289. The first-order valence-corrected chi connectivity index (χ1v) is 6.46. The van der Waals surface area contributed by atoms with Crippen molar-refractivity contribution in [1.29, 1.82) is 0 Å². The third-order valence-electron chi connectivity index (χ3n) is 3.16. The summed E-state index contributed by atoms with van der Waals surface area (Å²) < 4.78 is 0. The van der Waals surface area contributed by atoms with Crippen LogP contribution in [0.3, 0.4) is 0 Å². The number of carbonyl (C=O) groups excluding carboxylic acids is 1. The van der Waals surface area contributed by atoms with Gasteiger partial charge in [-0.05, 0) is 18.2 Å². The molecule has 9 nitrogen and oxygen atoms in total. The maximum Gasteiger partial charge on any atom is 0.288 e. The maximum atomic E-state index is 12.1. The van der Waals surface area contributed by atoms with Crippen LogP contribution in [0.4, 0.5) is 5.82 Å². The number of pyridine rings is 1.